The number of rotatable bonds is 7. The summed E-state index contributed by atoms with van der Waals surface area (Å²) in [7, 11) is 0. The molecule has 0 radical (unpaired) electrons. The molecule has 1 aromatic heterocycles. The maximum absolute atomic E-state index is 12.7. The first-order chi connectivity index (χ1) is 12.6. The monoisotopic (exact) mass is 371 g/mol. The average molecular weight is 371 g/mol. The predicted octanol–water partition coefficient (Wildman–Crippen LogP) is 4.05. The lowest BCUT2D eigenvalue weighted by atomic mass is 10.0. The average Bonchev–Trinajstić information content (AvgIpc) is 2.88. The second-order valence-corrected chi connectivity index (χ2v) is 6.78. The van der Waals surface area contributed by atoms with Gasteiger partial charge in [0.25, 0.3) is 0 Å². The van der Waals surface area contributed by atoms with Crippen molar-refractivity contribution in [3.05, 3.63) is 52.3 Å². The molecule has 0 aliphatic carbocycles. The molecular formula is C21H25NO5. The summed E-state index contributed by atoms with van der Waals surface area (Å²) in [6, 6.07) is 6.55. The van der Waals surface area contributed by atoms with Gasteiger partial charge in [-0.1, -0.05) is 0 Å². The number of aromatic nitrogens is 1. The lowest BCUT2D eigenvalue weighted by Gasteiger charge is -2.13. The molecule has 1 N–H and O–H groups in total. The Kier molecular flexibility index (Phi) is 6.20. The Bertz CT molecular complexity index is 861. The highest BCUT2D eigenvalue weighted by Crippen LogP contribution is 2.21. The van der Waals surface area contributed by atoms with Crippen LogP contribution in [0, 0.1) is 13.8 Å². The summed E-state index contributed by atoms with van der Waals surface area (Å²) in [5, 5.41) is 0. The third-order valence-electron chi connectivity index (χ3n) is 4.15. The second kappa shape index (κ2) is 8.20. The van der Waals surface area contributed by atoms with Crippen molar-refractivity contribution < 1.29 is 23.9 Å². The lowest BCUT2D eigenvalue weighted by molar-refractivity contribution is 0.0317. The second-order valence-electron chi connectivity index (χ2n) is 6.78. The molecule has 0 spiro atoms. The van der Waals surface area contributed by atoms with Crippen LogP contribution in [0.2, 0.25) is 0 Å². The number of aryl methyl sites for hydroxylation is 1. The molecule has 0 amide bonds. The Morgan fingerprint density at radius 1 is 1.00 bits per heavy atom. The topological polar surface area (TPSA) is 85.5 Å². The number of hydrogen-bond donors (Lipinski definition) is 1. The summed E-state index contributed by atoms with van der Waals surface area (Å²) < 4.78 is 10.8. The third-order valence-corrected chi connectivity index (χ3v) is 4.15. The van der Waals surface area contributed by atoms with Gasteiger partial charge in [0.2, 0.25) is 5.78 Å². The van der Waals surface area contributed by atoms with Crippen LogP contribution in [-0.4, -0.2) is 34.7 Å². The molecule has 0 saturated heterocycles. The van der Waals surface area contributed by atoms with Gasteiger partial charge in [0.05, 0.1) is 17.4 Å². The molecule has 144 valence electrons. The standard InChI is InChI=1S/C21H25NO5/c1-11(2)26-17-9-7-16(8-10-17)21(25)27-15(6)20(24)19-12(3)18(14(5)23)13(4)22-19/h7-11,15,22H,1-6H3/t15-/m0/s1. The Labute approximate surface area is 158 Å². The van der Waals surface area contributed by atoms with Crippen LogP contribution in [0.5, 0.6) is 5.75 Å². The number of hydrogen-bond acceptors (Lipinski definition) is 5. The number of nitrogens with one attached hydrogen (secondary N) is 1. The Morgan fingerprint density at radius 2 is 1.59 bits per heavy atom. The molecular weight excluding hydrogens is 346 g/mol. The molecule has 0 bridgehead atoms. The normalized spacial score (nSPS) is 12.0. The van der Waals surface area contributed by atoms with Crippen molar-refractivity contribution in [3.8, 4) is 5.75 Å². The number of ether oxygens (including phenoxy) is 2. The number of H-pyrrole nitrogens is 1. The van der Waals surface area contributed by atoms with Crippen molar-refractivity contribution in [1.29, 1.82) is 0 Å². The van der Waals surface area contributed by atoms with Gasteiger partial charge in [0.15, 0.2) is 11.9 Å². The van der Waals surface area contributed by atoms with Crippen molar-refractivity contribution in [3.63, 3.8) is 0 Å². The van der Waals surface area contributed by atoms with Crippen molar-refractivity contribution in [2.24, 2.45) is 0 Å². The van der Waals surface area contributed by atoms with Gasteiger partial charge in [-0.05, 0) is 71.4 Å². The zero-order valence-electron chi connectivity index (χ0n) is 16.5. The summed E-state index contributed by atoms with van der Waals surface area (Å²) in [4.78, 5) is 39.6. The minimum absolute atomic E-state index is 0.0350. The highest BCUT2D eigenvalue weighted by molar-refractivity contribution is 6.05. The highest BCUT2D eigenvalue weighted by atomic mass is 16.5. The third kappa shape index (κ3) is 4.64. The Balaban J connectivity index is 2.11. The van der Waals surface area contributed by atoms with Gasteiger partial charge in [0, 0.05) is 11.3 Å². The minimum atomic E-state index is -0.986. The van der Waals surface area contributed by atoms with Crippen LogP contribution in [0.4, 0.5) is 0 Å². The first-order valence-corrected chi connectivity index (χ1v) is 8.83. The molecule has 27 heavy (non-hydrogen) atoms. The molecule has 6 nitrogen and oxygen atoms in total. The van der Waals surface area contributed by atoms with E-state index in [0.717, 1.165) is 0 Å². The van der Waals surface area contributed by atoms with Gasteiger partial charge < -0.3 is 14.5 Å². The predicted molar refractivity (Wildman–Crippen MR) is 102 cm³/mol. The molecule has 0 aliphatic rings. The van der Waals surface area contributed by atoms with Gasteiger partial charge in [-0.25, -0.2) is 4.79 Å². The number of Topliss-reactive ketones (excluding diaryl/α,β-unsaturated/α-hetero) is 2. The summed E-state index contributed by atoms with van der Waals surface area (Å²) in [6.07, 6.45) is -0.950. The molecule has 0 aliphatic heterocycles. The smallest absolute Gasteiger partial charge is 0.338 e. The number of carbonyl (C=O) groups excluding carboxylic acids is 3. The van der Waals surface area contributed by atoms with E-state index in [2.05, 4.69) is 4.98 Å². The Morgan fingerprint density at radius 3 is 2.07 bits per heavy atom. The molecule has 1 atom stereocenters. The number of benzene rings is 1. The van der Waals surface area contributed by atoms with Crippen molar-refractivity contribution in [1.82, 2.24) is 4.98 Å². The molecule has 0 unspecified atom stereocenters. The van der Waals surface area contributed by atoms with Crippen LogP contribution in [0.3, 0.4) is 0 Å². The molecule has 6 heteroatoms. The molecule has 0 fully saturated rings. The molecule has 2 rings (SSSR count). The quantitative estimate of drug-likeness (QED) is 0.586. The Hall–Kier alpha value is -2.89. The van der Waals surface area contributed by atoms with Crippen LogP contribution in [0.1, 0.15) is 70.2 Å². The maximum Gasteiger partial charge on any atom is 0.338 e. The van der Waals surface area contributed by atoms with E-state index in [1.807, 2.05) is 13.8 Å². The largest absolute Gasteiger partial charge is 0.491 e. The van der Waals surface area contributed by atoms with E-state index in [0.29, 0.717) is 33.8 Å². The first kappa shape index (κ1) is 20.4. The fraction of sp³-hybridized carbons (Fsp3) is 0.381. The van der Waals surface area contributed by atoms with Crippen LogP contribution in [0.15, 0.2) is 24.3 Å². The number of aromatic amines is 1. The number of ketones is 2. The minimum Gasteiger partial charge on any atom is -0.491 e. The summed E-state index contributed by atoms with van der Waals surface area (Å²) in [5.74, 6) is -0.440. The van der Waals surface area contributed by atoms with E-state index < -0.39 is 12.1 Å². The molecule has 0 saturated carbocycles. The lowest BCUT2D eigenvalue weighted by Crippen LogP contribution is -2.25. The SMILES string of the molecule is CC(=O)c1c(C)[nH]c(C(=O)[C@H](C)OC(=O)c2ccc(OC(C)C)cc2)c1C. The highest BCUT2D eigenvalue weighted by Gasteiger charge is 2.26. The van der Waals surface area contributed by atoms with E-state index in [1.165, 1.54) is 13.8 Å². The van der Waals surface area contributed by atoms with Gasteiger partial charge >= 0.3 is 5.97 Å². The van der Waals surface area contributed by atoms with E-state index in [4.69, 9.17) is 9.47 Å². The van der Waals surface area contributed by atoms with Crippen LogP contribution in [-0.2, 0) is 4.74 Å². The number of esters is 1. The van der Waals surface area contributed by atoms with Crippen LogP contribution in [0.25, 0.3) is 0 Å². The van der Waals surface area contributed by atoms with Crippen molar-refractivity contribution in [2.45, 2.75) is 53.8 Å². The first-order valence-electron chi connectivity index (χ1n) is 8.83. The molecule has 1 heterocycles. The van der Waals surface area contributed by atoms with E-state index in [-0.39, 0.29) is 17.7 Å². The van der Waals surface area contributed by atoms with Crippen LogP contribution < -0.4 is 4.74 Å². The fourth-order valence-corrected chi connectivity index (χ4v) is 2.95. The zero-order valence-corrected chi connectivity index (χ0v) is 16.5. The maximum atomic E-state index is 12.7. The summed E-state index contributed by atoms with van der Waals surface area (Å²) in [5.41, 5.74) is 2.32. The van der Waals surface area contributed by atoms with Gasteiger partial charge in [-0.2, -0.15) is 0 Å². The summed E-state index contributed by atoms with van der Waals surface area (Å²) in [6.45, 7) is 10.2. The number of carbonyl (C=O) groups is 3. The van der Waals surface area contributed by atoms with E-state index in [9.17, 15) is 14.4 Å². The zero-order chi connectivity index (χ0) is 20.3. The molecule has 1 aromatic carbocycles. The van der Waals surface area contributed by atoms with Gasteiger partial charge in [-0.15, -0.1) is 0 Å². The van der Waals surface area contributed by atoms with Crippen molar-refractivity contribution >= 4 is 17.5 Å². The summed E-state index contributed by atoms with van der Waals surface area (Å²) >= 11 is 0. The van der Waals surface area contributed by atoms with Gasteiger partial charge in [-0.3, -0.25) is 9.59 Å². The molecule has 2 aromatic rings. The van der Waals surface area contributed by atoms with E-state index in [1.54, 1.807) is 38.1 Å². The fourth-order valence-electron chi connectivity index (χ4n) is 2.95. The van der Waals surface area contributed by atoms with E-state index >= 15 is 0 Å². The van der Waals surface area contributed by atoms with Crippen molar-refractivity contribution in [2.75, 3.05) is 0 Å². The van der Waals surface area contributed by atoms with Crippen LogP contribution >= 0.6 is 0 Å². The van der Waals surface area contributed by atoms with Gasteiger partial charge in [0.1, 0.15) is 5.75 Å².